The van der Waals surface area contributed by atoms with Gasteiger partial charge in [-0.15, -0.1) is 0 Å². The zero-order chi connectivity index (χ0) is 42.9. The molecule has 10 aromatic rings. The number of benzene rings is 10. The zero-order valence-corrected chi connectivity index (χ0v) is 35.8. The molecule has 2 aliphatic carbocycles. The van der Waals surface area contributed by atoms with E-state index in [0.717, 1.165) is 46.8 Å². The number of nitrogens with zero attached hydrogens (tertiary/aromatic N) is 1. The third-order valence-corrected chi connectivity index (χ3v) is 14.1. The summed E-state index contributed by atoms with van der Waals surface area (Å²) >= 11 is 0. The lowest BCUT2D eigenvalue weighted by atomic mass is 9.62. The van der Waals surface area contributed by atoms with Crippen LogP contribution in [-0.2, 0) is 11.8 Å². The fourth-order valence-electron chi connectivity index (χ4n) is 11.1. The molecule has 2 heteroatoms. The van der Waals surface area contributed by atoms with Crippen LogP contribution in [0, 0.1) is 0 Å². The van der Waals surface area contributed by atoms with Crippen LogP contribution in [0.25, 0.3) is 61.0 Å². The van der Waals surface area contributed by atoms with E-state index < -0.39 is 5.41 Å². The summed E-state index contributed by atoms with van der Waals surface area (Å²) in [5, 5.41) is 2.33. The number of fused-ring (bicyclic) bond motifs is 12. The van der Waals surface area contributed by atoms with Crippen molar-refractivity contribution in [1.29, 1.82) is 0 Å². The van der Waals surface area contributed by atoms with Crippen LogP contribution in [0.5, 0.6) is 5.75 Å². The fourth-order valence-corrected chi connectivity index (χ4v) is 11.1. The lowest BCUT2D eigenvalue weighted by Gasteiger charge is -2.43. The molecule has 0 saturated heterocycles. The highest BCUT2D eigenvalue weighted by Crippen LogP contribution is 2.64. The van der Waals surface area contributed by atoms with E-state index >= 15 is 0 Å². The van der Waals surface area contributed by atoms with Crippen molar-refractivity contribution < 1.29 is 4.74 Å². The Bertz CT molecular complexity index is 3500. The van der Waals surface area contributed by atoms with Crippen LogP contribution in [-0.4, -0.2) is 0 Å². The molecule has 13 rings (SSSR count). The van der Waals surface area contributed by atoms with Crippen LogP contribution >= 0.6 is 0 Å². The highest BCUT2D eigenvalue weighted by atomic mass is 16.5. The van der Waals surface area contributed by atoms with Gasteiger partial charge in [0.15, 0.2) is 0 Å². The van der Waals surface area contributed by atoms with Gasteiger partial charge in [0.05, 0.1) is 5.41 Å². The monoisotopic (exact) mass is 829 g/mol. The normalized spacial score (nSPS) is 15.4. The largest absolute Gasteiger partial charge is 0.456 e. The molecule has 0 N–H and O–H groups in total. The van der Waals surface area contributed by atoms with Crippen molar-refractivity contribution >= 4 is 33.6 Å². The van der Waals surface area contributed by atoms with E-state index in [2.05, 4.69) is 241 Å². The molecule has 2 nitrogen and oxygen atoms in total. The average Bonchev–Trinajstić information content (AvgIpc) is 3.67. The highest BCUT2D eigenvalue weighted by molar-refractivity contribution is 5.98. The third kappa shape index (κ3) is 5.88. The van der Waals surface area contributed by atoms with Crippen molar-refractivity contribution in [3.8, 4) is 50.3 Å². The second-order valence-electron chi connectivity index (χ2n) is 17.5. The van der Waals surface area contributed by atoms with Crippen LogP contribution in [0.4, 0.5) is 17.1 Å². The molecular formula is C63H43NO. The highest BCUT2D eigenvalue weighted by Gasteiger charge is 2.53. The molecule has 3 aliphatic rings. The van der Waals surface area contributed by atoms with Gasteiger partial charge in [-0.3, -0.25) is 0 Å². The summed E-state index contributed by atoms with van der Waals surface area (Å²) < 4.78 is 7.21. The van der Waals surface area contributed by atoms with E-state index in [1.54, 1.807) is 0 Å². The summed E-state index contributed by atoms with van der Waals surface area (Å²) in [6.07, 6.45) is 1.91. The number of rotatable bonds is 6. The summed E-state index contributed by atoms with van der Waals surface area (Å²) in [5.41, 5.74) is 20.4. The quantitative estimate of drug-likeness (QED) is 0.166. The fraction of sp³-hybridized carbons (Fsp3) is 0.0476. The van der Waals surface area contributed by atoms with E-state index in [4.69, 9.17) is 4.74 Å². The Balaban J connectivity index is 0.941. The first kappa shape index (κ1) is 37.4. The number of anilines is 3. The van der Waals surface area contributed by atoms with Gasteiger partial charge in [-0.05, 0) is 127 Å². The molecule has 1 atom stereocenters. The molecule has 0 radical (unpaired) electrons. The molecule has 0 amide bonds. The molecule has 306 valence electrons. The topological polar surface area (TPSA) is 12.5 Å². The minimum atomic E-state index is -0.486. The molecule has 1 aliphatic heterocycles. The summed E-state index contributed by atoms with van der Waals surface area (Å²) in [4.78, 5) is 2.37. The number of allylic oxidation sites excluding steroid dienone is 1. The first-order valence-electron chi connectivity index (χ1n) is 22.7. The van der Waals surface area contributed by atoms with Crippen molar-refractivity contribution in [2.75, 3.05) is 4.90 Å². The maximum atomic E-state index is 7.21. The molecule has 1 unspecified atom stereocenters. The summed E-state index contributed by atoms with van der Waals surface area (Å²) in [6, 6.07) is 86.6. The predicted molar refractivity (Wildman–Crippen MR) is 269 cm³/mol. The van der Waals surface area contributed by atoms with Gasteiger partial charge >= 0.3 is 0 Å². The Hall–Kier alpha value is -8.20. The number of aryl methyl sites for hydroxylation is 1. The summed E-state index contributed by atoms with van der Waals surface area (Å²) in [7, 11) is 0. The molecule has 0 saturated carbocycles. The number of hydrogen-bond acceptors (Lipinski definition) is 2. The zero-order valence-electron chi connectivity index (χ0n) is 35.8. The van der Waals surface area contributed by atoms with Crippen molar-refractivity contribution in [2.45, 2.75) is 18.3 Å². The van der Waals surface area contributed by atoms with E-state index in [0.29, 0.717) is 0 Å². The van der Waals surface area contributed by atoms with Crippen LogP contribution in [0.3, 0.4) is 0 Å². The Kier molecular flexibility index (Phi) is 8.60. The van der Waals surface area contributed by atoms with Crippen LogP contribution in [0.15, 0.2) is 242 Å². The lowest BCUT2D eigenvalue weighted by molar-refractivity contribution is 0.457. The molecule has 0 bridgehead atoms. The SMILES string of the molecule is c1ccc(-c2ccc(N(c3ccc(-c4ccc5c(c4)-c4ccccc4C54C5=C(Oc6c4ccc4ccccc64)c4ccccc4CC5)cc3)c3cccc(-c4ccccc4)c3)cc2)cc1. The smallest absolute Gasteiger partial charge is 0.140 e. The summed E-state index contributed by atoms with van der Waals surface area (Å²) in [5.74, 6) is 1.99. The van der Waals surface area contributed by atoms with E-state index in [-0.39, 0.29) is 0 Å². The Labute approximate surface area is 380 Å². The van der Waals surface area contributed by atoms with Gasteiger partial charge in [-0.1, -0.05) is 194 Å². The van der Waals surface area contributed by atoms with Crippen LogP contribution in [0.1, 0.15) is 34.2 Å². The second kappa shape index (κ2) is 15.0. The van der Waals surface area contributed by atoms with Gasteiger partial charge in [0.25, 0.3) is 0 Å². The lowest BCUT2D eigenvalue weighted by Crippen LogP contribution is -2.36. The molecule has 0 aromatic heterocycles. The van der Waals surface area contributed by atoms with Crippen LogP contribution in [0.2, 0.25) is 0 Å². The van der Waals surface area contributed by atoms with Gasteiger partial charge in [0.2, 0.25) is 0 Å². The van der Waals surface area contributed by atoms with Crippen molar-refractivity contribution in [3.63, 3.8) is 0 Å². The standard InChI is InChI=1S/C63H43NO/c1-3-14-42(15-4-1)44-26-33-50(34-27-44)64(52-21-13-20-48(40-52)43-16-5-2-6-17-43)51-35-28-45(29-36-51)49-32-37-58-56(41-49)55-24-11-12-25-57(55)63(58)59-38-30-46-18-7-9-22-53(46)61(59)65-62-54-23-10-8-19-47(54)31-39-60(62)63/h1-30,32-38,40-41H,31,39H2. The third-order valence-electron chi connectivity index (χ3n) is 14.1. The van der Waals surface area contributed by atoms with Crippen molar-refractivity contribution in [2.24, 2.45) is 0 Å². The minimum Gasteiger partial charge on any atom is -0.456 e. The van der Waals surface area contributed by atoms with Crippen molar-refractivity contribution in [3.05, 3.63) is 270 Å². The Morgan fingerprint density at radius 2 is 0.908 bits per heavy atom. The van der Waals surface area contributed by atoms with E-state index in [1.807, 2.05) is 0 Å². The second-order valence-corrected chi connectivity index (χ2v) is 17.5. The first-order chi connectivity index (χ1) is 32.2. The van der Waals surface area contributed by atoms with Gasteiger partial charge < -0.3 is 9.64 Å². The maximum Gasteiger partial charge on any atom is 0.140 e. The molecule has 65 heavy (non-hydrogen) atoms. The summed E-state index contributed by atoms with van der Waals surface area (Å²) in [6.45, 7) is 0. The number of hydrogen-bond donors (Lipinski definition) is 0. The molecule has 0 fully saturated rings. The predicted octanol–water partition coefficient (Wildman–Crippen LogP) is 16.4. The van der Waals surface area contributed by atoms with Crippen LogP contribution < -0.4 is 9.64 Å². The van der Waals surface area contributed by atoms with E-state index in [1.165, 1.54) is 83.3 Å². The Morgan fingerprint density at radius 3 is 1.68 bits per heavy atom. The van der Waals surface area contributed by atoms with E-state index in [9.17, 15) is 0 Å². The molecule has 1 heterocycles. The first-order valence-corrected chi connectivity index (χ1v) is 22.7. The van der Waals surface area contributed by atoms with Gasteiger partial charge in [-0.2, -0.15) is 0 Å². The Morgan fingerprint density at radius 1 is 0.354 bits per heavy atom. The molecule has 10 aromatic carbocycles. The van der Waals surface area contributed by atoms with Gasteiger partial charge in [0, 0.05) is 33.6 Å². The van der Waals surface area contributed by atoms with Gasteiger partial charge in [0.1, 0.15) is 11.5 Å². The van der Waals surface area contributed by atoms with Crippen molar-refractivity contribution in [1.82, 2.24) is 0 Å². The minimum absolute atomic E-state index is 0.486. The van der Waals surface area contributed by atoms with Gasteiger partial charge in [-0.25, -0.2) is 0 Å². The average molecular weight is 830 g/mol. The number of ether oxygens (including phenoxy) is 1. The molecular weight excluding hydrogens is 787 g/mol. The molecule has 1 spiro atoms. The maximum absolute atomic E-state index is 7.21.